The number of imidazole rings is 1. The van der Waals surface area contributed by atoms with E-state index < -0.39 is 10.0 Å². The van der Waals surface area contributed by atoms with Gasteiger partial charge in [-0.25, -0.2) is 13.4 Å². The number of sulfonamides is 1. The highest BCUT2D eigenvalue weighted by Gasteiger charge is 2.34. The standard InChI is InChI=1S/C14H25N5O3S/c1-3-18-10-13(17-11(18)2)23(21,22)19-8-4-5-12(9-19)14(20)16-7-6-15/h10,12H,3-9,15H2,1-2H3,(H,16,20). The van der Waals surface area contributed by atoms with E-state index in [-0.39, 0.29) is 23.4 Å². The van der Waals surface area contributed by atoms with Crippen LogP contribution in [-0.2, 0) is 21.4 Å². The van der Waals surface area contributed by atoms with Crippen molar-refractivity contribution in [1.29, 1.82) is 0 Å². The smallest absolute Gasteiger partial charge is 0.262 e. The van der Waals surface area contributed by atoms with Gasteiger partial charge in [0.1, 0.15) is 5.82 Å². The van der Waals surface area contributed by atoms with Crippen molar-refractivity contribution in [1.82, 2.24) is 19.2 Å². The summed E-state index contributed by atoms with van der Waals surface area (Å²) < 4.78 is 28.7. The van der Waals surface area contributed by atoms with E-state index in [0.29, 0.717) is 44.8 Å². The Morgan fingerprint density at radius 3 is 2.87 bits per heavy atom. The number of carbonyl (C=O) groups is 1. The van der Waals surface area contributed by atoms with Crippen molar-refractivity contribution in [3.05, 3.63) is 12.0 Å². The highest BCUT2D eigenvalue weighted by molar-refractivity contribution is 7.89. The number of hydrogen-bond donors (Lipinski definition) is 2. The molecule has 0 aromatic carbocycles. The monoisotopic (exact) mass is 343 g/mol. The van der Waals surface area contributed by atoms with Crippen molar-refractivity contribution in [3.8, 4) is 0 Å². The number of carbonyl (C=O) groups excluding carboxylic acids is 1. The molecule has 130 valence electrons. The molecule has 2 rings (SSSR count). The van der Waals surface area contributed by atoms with Crippen LogP contribution in [0.1, 0.15) is 25.6 Å². The molecule has 1 aliphatic rings. The first kappa shape index (κ1) is 17.9. The summed E-state index contributed by atoms with van der Waals surface area (Å²) >= 11 is 0. The predicted octanol–water partition coefficient (Wildman–Crippen LogP) is -0.313. The second-order valence-corrected chi connectivity index (χ2v) is 7.58. The first-order valence-electron chi connectivity index (χ1n) is 7.91. The molecule has 0 bridgehead atoms. The molecule has 1 unspecified atom stereocenters. The first-order valence-corrected chi connectivity index (χ1v) is 9.35. The highest BCUT2D eigenvalue weighted by Crippen LogP contribution is 2.23. The van der Waals surface area contributed by atoms with Gasteiger partial charge in [0.25, 0.3) is 10.0 Å². The summed E-state index contributed by atoms with van der Waals surface area (Å²) in [6.45, 7) is 5.76. The SMILES string of the molecule is CCn1cc(S(=O)(=O)N2CCCC(C(=O)NCCN)C2)nc1C. The molecule has 1 saturated heterocycles. The van der Waals surface area contributed by atoms with Gasteiger partial charge in [0.15, 0.2) is 5.03 Å². The molecule has 1 aliphatic heterocycles. The van der Waals surface area contributed by atoms with Crippen LogP contribution in [-0.4, -0.2) is 54.4 Å². The number of aromatic nitrogens is 2. The summed E-state index contributed by atoms with van der Waals surface area (Å²) in [6, 6.07) is 0. The van der Waals surface area contributed by atoms with Gasteiger partial charge in [-0.2, -0.15) is 4.31 Å². The largest absolute Gasteiger partial charge is 0.355 e. The molecule has 2 heterocycles. The van der Waals surface area contributed by atoms with Crippen molar-refractivity contribution in [2.24, 2.45) is 11.7 Å². The zero-order valence-corrected chi connectivity index (χ0v) is 14.5. The van der Waals surface area contributed by atoms with Crippen LogP contribution in [0.4, 0.5) is 0 Å². The third-order valence-corrected chi connectivity index (χ3v) is 5.83. The van der Waals surface area contributed by atoms with E-state index in [0.717, 1.165) is 0 Å². The summed E-state index contributed by atoms with van der Waals surface area (Å²) in [5.74, 6) is 0.199. The lowest BCUT2D eigenvalue weighted by atomic mass is 9.99. The van der Waals surface area contributed by atoms with Crippen LogP contribution >= 0.6 is 0 Å². The van der Waals surface area contributed by atoms with E-state index in [1.807, 2.05) is 6.92 Å². The molecule has 23 heavy (non-hydrogen) atoms. The van der Waals surface area contributed by atoms with E-state index in [2.05, 4.69) is 10.3 Å². The molecule has 8 nitrogen and oxygen atoms in total. The van der Waals surface area contributed by atoms with Crippen molar-refractivity contribution >= 4 is 15.9 Å². The molecule has 1 fully saturated rings. The zero-order chi connectivity index (χ0) is 17.0. The van der Waals surface area contributed by atoms with Crippen LogP contribution in [0.5, 0.6) is 0 Å². The van der Waals surface area contributed by atoms with Crippen molar-refractivity contribution in [2.75, 3.05) is 26.2 Å². The third-order valence-electron chi connectivity index (χ3n) is 4.10. The lowest BCUT2D eigenvalue weighted by molar-refractivity contribution is -0.126. The van der Waals surface area contributed by atoms with Gasteiger partial charge in [-0.1, -0.05) is 0 Å². The van der Waals surface area contributed by atoms with Gasteiger partial charge in [-0.3, -0.25) is 4.79 Å². The van der Waals surface area contributed by atoms with Gasteiger partial charge < -0.3 is 15.6 Å². The molecule has 1 amide bonds. The minimum absolute atomic E-state index is 0.0554. The van der Waals surface area contributed by atoms with Gasteiger partial charge >= 0.3 is 0 Å². The second kappa shape index (κ2) is 7.41. The van der Waals surface area contributed by atoms with Crippen LogP contribution in [0.3, 0.4) is 0 Å². The Kier molecular flexibility index (Phi) is 5.77. The first-order chi connectivity index (χ1) is 10.9. The molecule has 9 heteroatoms. The molecule has 0 aliphatic carbocycles. The third kappa shape index (κ3) is 3.91. The average molecular weight is 343 g/mol. The minimum atomic E-state index is -3.66. The van der Waals surface area contributed by atoms with Crippen LogP contribution in [0.25, 0.3) is 0 Å². The van der Waals surface area contributed by atoms with E-state index in [1.54, 1.807) is 17.7 Å². The number of rotatable bonds is 6. The minimum Gasteiger partial charge on any atom is -0.355 e. The Bertz CT molecular complexity index is 655. The lowest BCUT2D eigenvalue weighted by Gasteiger charge is -2.30. The zero-order valence-electron chi connectivity index (χ0n) is 13.7. The van der Waals surface area contributed by atoms with Gasteiger partial charge in [0, 0.05) is 38.9 Å². The van der Waals surface area contributed by atoms with Gasteiger partial charge in [0.2, 0.25) is 5.91 Å². The van der Waals surface area contributed by atoms with Crippen molar-refractivity contribution < 1.29 is 13.2 Å². The molecule has 0 radical (unpaired) electrons. The molecular weight excluding hydrogens is 318 g/mol. The Balaban J connectivity index is 2.14. The Morgan fingerprint density at radius 2 is 2.26 bits per heavy atom. The molecule has 1 aromatic heterocycles. The number of aryl methyl sites for hydroxylation is 2. The maximum Gasteiger partial charge on any atom is 0.262 e. The molecule has 1 atom stereocenters. The number of amides is 1. The molecule has 1 aromatic rings. The summed E-state index contributed by atoms with van der Waals surface area (Å²) in [6.07, 6.45) is 2.90. The Morgan fingerprint density at radius 1 is 1.52 bits per heavy atom. The number of nitrogens with two attached hydrogens (primary N) is 1. The lowest BCUT2D eigenvalue weighted by Crippen LogP contribution is -2.46. The van der Waals surface area contributed by atoms with E-state index in [4.69, 9.17) is 5.73 Å². The number of nitrogens with zero attached hydrogens (tertiary/aromatic N) is 3. The van der Waals surface area contributed by atoms with Crippen LogP contribution in [0.15, 0.2) is 11.2 Å². The van der Waals surface area contributed by atoms with Crippen LogP contribution < -0.4 is 11.1 Å². The fourth-order valence-electron chi connectivity index (χ4n) is 2.77. The van der Waals surface area contributed by atoms with Gasteiger partial charge in [0.05, 0.1) is 5.92 Å². The average Bonchev–Trinajstić information content (AvgIpc) is 2.94. The summed E-state index contributed by atoms with van der Waals surface area (Å²) in [7, 11) is -3.66. The number of hydrogen-bond acceptors (Lipinski definition) is 5. The number of piperidine rings is 1. The van der Waals surface area contributed by atoms with E-state index >= 15 is 0 Å². The predicted molar refractivity (Wildman–Crippen MR) is 86.2 cm³/mol. The van der Waals surface area contributed by atoms with Crippen LogP contribution in [0.2, 0.25) is 0 Å². The van der Waals surface area contributed by atoms with Crippen LogP contribution in [0, 0.1) is 12.8 Å². The molecule has 0 spiro atoms. The molecular formula is C14H25N5O3S. The normalized spacial score (nSPS) is 19.7. The van der Waals surface area contributed by atoms with Crippen molar-refractivity contribution in [2.45, 2.75) is 38.3 Å². The van der Waals surface area contributed by atoms with Gasteiger partial charge in [-0.15, -0.1) is 0 Å². The fraction of sp³-hybridized carbons (Fsp3) is 0.714. The topological polar surface area (TPSA) is 110 Å². The summed E-state index contributed by atoms with van der Waals surface area (Å²) in [5.41, 5.74) is 5.38. The fourth-order valence-corrected chi connectivity index (χ4v) is 4.29. The van der Waals surface area contributed by atoms with Crippen molar-refractivity contribution in [3.63, 3.8) is 0 Å². The van der Waals surface area contributed by atoms with E-state index in [1.165, 1.54) is 4.31 Å². The summed E-state index contributed by atoms with van der Waals surface area (Å²) in [4.78, 5) is 16.2. The Hall–Kier alpha value is -1.45. The molecule has 0 saturated carbocycles. The summed E-state index contributed by atoms with van der Waals surface area (Å²) in [5, 5.41) is 2.79. The maximum atomic E-state index is 12.7. The quantitative estimate of drug-likeness (QED) is 0.736. The number of nitrogens with one attached hydrogen (secondary N) is 1. The van der Waals surface area contributed by atoms with E-state index in [9.17, 15) is 13.2 Å². The maximum absolute atomic E-state index is 12.7. The molecule has 3 N–H and O–H groups in total. The second-order valence-electron chi connectivity index (χ2n) is 5.69. The highest BCUT2D eigenvalue weighted by atomic mass is 32.2. The van der Waals surface area contributed by atoms with Gasteiger partial charge in [-0.05, 0) is 26.7 Å². The Labute approximate surface area is 137 Å².